The molecule has 1 aromatic heterocycles. The van der Waals surface area contributed by atoms with Gasteiger partial charge in [0.05, 0.1) is 0 Å². The van der Waals surface area contributed by atoms with Gasteiger partial charge in [-0.05, 0) is 62.2 Å². The number of carbonyl (C=O) groups is 1. The molecule has 0 radical (unpaired) electrons. The van der Waals surface area contributed by atoms with Crippen molar-refractivity contribution in [3.8, 4) is 0 Å². The molecule has 1 saturated heterocycles. The Bertz CT molecular complexity index is 921. The predicted octanol–water partition coefficient (Wildman–Crippen LogP) is 3.60. The van der Waals surface area contributed by atoms with Crippen LogP contribution >= 0.6 is 0 Å². The van der Waals surface area contributed by atoms with Gasteiger partial charge in [0.1, 0.15) is 5.69 Å². The molecule has 134 valence electrons. The minimum Gasteiger partial charge on any atom is -0.364 e. The molecule has 26 heavy (non-hydrogen) atoms. The summed E-state index contributed by atoms with van der Waals surface area (Å²) in [4.78, 5) is 14.5. The zero-order valence-corrected chi connectivity index (χ0v) is 15.2. The molecule has 4 heteroatoms. The van der Waals surface area contributed by atoms with Crippen LogP contribution in [0.15, 0.2) is 54.6 Å². The quantitative estimate of drug-likeness (QED) is 0.784. The number of hydrogen-bond donors (Lipinski definition) is 1. The van der Waals surface area contributed by atoms with Crippen molar-refractivity contribution < 1.29 is 4.79 Å². The van der Waals surface area contributed by atoms with Crippen LogP contribution in [0.5, 0.6) is 0 Å². The highest BCUT2D eigenvalue weighted by molar-refractivity contribution is 5.99. The van der Waals surface area contributed by atoms with Crippen molar-refractivity contribution in [3.63, 3.8) is 0 Å². The molecule has 2 aromatic carbocycles. The van der Waals surface area contributed by atoms with Crippen LogP contribution in [0.25, 0.3) is 10.9 Å². The Morgan fingerprint density at radius 2 is 1.81 bits per heavy atom. The van der Waals surface area contributed by atoms with Gasteiger partial charge in [0.25, 0.3) is 5.91 Å². The van der Waals surface area contributed by atoms with Crippen molar-refractivity contribution in [1.29, 1.82) is 0 Å². The third-order valence-electron chi connectivity index (χ3n) is 5.57. The van der Waals surface area contributed by atoms with E-state index in [9.17, 15) is 4.79 Å². The molecule has 0 saturated carbocycles. The smallest absolute Gasteiger partial charge is 0.265 e. The first-order valence-electron chi connectivity index (χ1n) is 9.28. The van der Waals surface area contributed by atoms with Crippen LogP contribution in [0.4, 0.5) is 0 Å². The average molecular weight is 347 g/mol. The number of carbonyl (C=O) groups excluding carboxylic acids is 1. The number of nitrogens with two attached hydrogens (primary N) is 1. The van der Waals surface area contributed by atoms with Crippen LogP contribution in [0.1, 0.15) is 40.4 Å². The van der Waals surface area contributed by atoms with Gasteiger partial charge < -0.3 is 15.2 Å². The average Bonchev–Trinajstić information content (AvgIpc) is 3.02. The molecule has 0 spiro atoms. The summed E-state index contributed by atoms with van der Waals surface area (Å²) in [6.07, 6.45) is 2.32. The second-order valence-electron chi connectivity index (χ2n) is 7.32. The van der Waals surface area contributed by atoms with Crippen LogP contribution in [0, 0.1) is 0 Å². The highest BCUT2D eigenvalue weighted by Crippen LogP contribution is 2.34. The molecule has 0 aliphatic carbocycles. The first-order chi connectivity index (χ1) is 12.6. The largest absolute Gasteiger partial charge is 0.364 e. The number of hydrogen-bond acceptors (Lipinski definition) is 2. The van der Waals surface area contributed by atoms with E-state index in [1.54, 1.807) is 0 Å². The highest BCUT2D eigenvalue weighted by Gasteiger charge is 2.22. The second kappa shape index (κ2) is 6.96. The van der Waals surface area contributed by atoms with Gasteiger partial charge in [-0.15, -0.1) is 0 Å². The lowest BCUT2D eigenvalue weighted by Gasteiger charge is -2.29. The summed E-state index contributed by atoms with van der Waals surface area (Å²) < 4.78 is 2.06. The van der Waals surface area contributed by atoms with Crippen molar-refractivity contribution in [1.82, 2.24) is 9.47 Å². The Kier molecular flexibility index (Phi) is 4.51. The van der Waals surface area contributed by atoms with E-state index in [-0.39, 0.29) is 5.91 Å². The first-order valence-corrected chi connectivity index (χ1v) is 9.28. The summed E-state index contributed by atoms with van der Waals surface area (Å²) >= 11 is 0. The molecule has 0 unspecified atom stereocenters. The third-order valence-corrected chi connectivity index (χ3v) is 5.57. The third kappa shape index (κ3) is 3.13. The number of nitrogens with zero attached hydrogens (tertiary/aromatic N) is 2. The van der Waals surface area contributed by atoms with E-state index in [2.05, 4.69) is 46.8 Å². The monoisotopic (exact) mass is 347 g/mol. The standard InChI is InChI=1S/C22H25N3O/c1-24-12-10-17(11-13-24)18-8-5-9-20-19(18)14-21(22(23)26)25(20)15-16-6-3-2-4-7-16/h2-9,14,17H,10-13,15H2,1H3,(H2,23,26). The Hall–Kier alpha value is -2.59. The molecule has 1 fully saturated rings. The van der Waals surface area contributed by atoms with Crippen LogP contribution in [0.3, 0.4) is 0 Å². The number of benzene rings is 2. The molecule has 1 amide bonds. The zero-order valence-electron chi connectivity index (χ0n) is 15.2. The number of rotatable bonds is 4. The van der Waals surface area contributed by atoms with Crippen LogP contribution in [0.2, 0.25) is 0 Å². The Morgan fingerprint density at radius 3 is 2.50 bits per heavy atom. The summed E-state index contributed by atoms with van der Waals surface area (Å²) in [6, 6.07) is 18.6. The van der Waals surface area contributed by atoms with Crippen LogP contribution in [-0.4, -0.2) is 35.5 Å². The van der Waals surface area contributed by atoms with Crippen molar-refractivity contribution in [2.24, 2.45) is 5.73 Å². The van der Waals surface area contributed by atoms with E-state index >= 15 is 0 Å². The number of amides is 1. The van der Waals surface area contributed by atoms with Gasteiger partial charge >= 0.3 is 0 Å². The summed E-state index contributed by atoms with van der Waals surface area (Å²) in [5, 5.41) is 1.17. The van der Waals surface area contributed by atoms with Crippen molar-refractivity contribution in [2.75, 3.05) is 20.1 Å². The van der Waals surface area contributed by atoms with Gasteiger partial charge in [0.15, 0.2) is 0 Å². The zero-order chi connectivity index (χ0) is 18.1. The van der Waals surface area contributed by atoms with Gasteiger partial charge in [-0.2, -0.15) is 0 Å². The molecule has 0 atom stereocenters. The summed E-state index contributed by atoms with van der Waals surface area (Å²) in [6.45, 7) is 2.89. The summed E-state index contributed by atoms with van der Waals surface area (Å²) in [5.74, 6) is 0.176. The number of aromatic nitrogens is 1. The topological polar surface area (TPSA) is 51.3 Å². The molecular formula is C22H25N3O. The van der Waals surface area contributed by atoms with E-state index in [1.165, 1.54) is 10.9 Å². The fourth-order valence-electron chi connectivity index (χ4n) is 4.12. The maximum atomic E-state index is 12.1. The minimum atomic E-state index is -0.369. The molecule has 0 bridgehead atoms. The van der Waals surface area contributed by atoms with Crippen molar-refractivity contribution >= 4 is 16.8 Å². The Balaban J connectivity index is 1.80. The number of piperidine rings is 1. The van der Waals surface area contributed by atoms with Crippen molar-refractivity contribution in [2.45, 2.75) is 25.3 Å². The maximum absolute atomic E-state index is 12.1. The second-order valence-corrected chi connectivity index (χ2v) is 7.32. The lowest BCUT2D eigenvalue weighted by Crippen LogP contribution is -2.29. The van der Waals surface area contributed by atoms with E-state index in [4.69, 9.17) is 5.73 Å². The number of primary amides is 1. The molecule has 2 heterocycles. The van der Waals surface area contributed by atoms with Gasteiger partial charge in [0, 0.05) is 17.4 Å². The molecule has 1 aliphatic rings. The highest BCUT2D eigenvalue weighted by atomic mass is 16.1. The number of likely N-dealkylation sites (tertiary alicyclic amines) is 1. The predicted molar refractivity (Wildman–Crippen MR) is 105 cm³/mol. The first kappa shape index (κ1) is 16.9. The van der Waals surface area contributed by atoms with E-state index in [0.717, 1.165) is 37.0 Å². The SMILES string of the molecule is CN1CCC(c2cccc3c2cc(C(N)=O)n3Cc2ccccc2)CC1. The van der Waals surface area contributed by atoms with Gasteiger partial charge in [-0.3, -0.25) is 4.79 Å². The lowest BCUT2D eigenvalue weighted by atomic mass is 9.87. The molecule has 3 aromatic rings. The van der Waals surface area contributed by atoms with Crippen LogP contribution < -0.4 is 5.73 Å². The fourth-order valence-corrected chi connectivity index (χ4v) is 4.12. The van der Waals surface area contributed by atoms with E-state index in [0.29, 0.717) is 18.2 Å². The Morgan fingerprint density at radius 1 is 1.08 bits per heavy atom. The summed E-state index contributed by atoms with van der Waals surface area (Å²) in [7, 11) is 2.18. The maximum Gasteiger partial charge on any atom is 0.265 e. The van der Waals surface area contributed by atoms with Gasteiger partial charge in [0.2, 0.25) is 0 Å². The molecule has 4 rings (SSSR count). The van der Waals surface area contributed by atoms with Gasteiger partial charge in [-0.25, -0.2) is 0 Å². The molecular weight excluding hydrogens is 322 g/mol. The molecule has 2 N–H and O–H groups in total. The Labute approximate surface area is 154 Å². The van der Waals surface area contributed by atoms with Crippen molar-refractivity contribution in [3.05, 3.63) is 71.4 Å². The number of fused-ring (bicyclic) bond motifs is 1. The van der Waals surface area contributed by atoms with E-state index in [1.807, 2.05) is 24.3 Å². The van der Waals surface area contributed by atoms with Crippen LogP contribution in [-0.2, 0) is 6.54 Å². The molecule has 4 nitrogen and oxygen atoms in total. The van der Waals surface area contributed by atoms with Gasteiger partial charge in [-0.1, -0.05) is 42.5 Å². The molecule has 1 aliphatic heterocycles. The fraction of sp³-hybridized carbons (Fsp3) is 0.318. The minimum absolute atomic E-state index is 0.369. The summed E-state index contributed by atoms with van der Waals surface area (Å²) in [5.41, 5.74) is 9.91. The van der Waals surface area contributed by atoms with E-state index < -0.39 is 0 Å². The normalized spacial score (nSPS) is 16.2. The lowest BCUT2D eigenvalue weighted by molar-refractivity contribution is 0.0992.